The number of furan rings is 1. The van der Waals surface area contributed by atoms with Gasteiger partial charge in [0.25, 0.3) is 5.69 Å². The van der Waals surface area contributed by atoms with Gasteiger partial charge in [-0.05, 0) is 39.0 Å². The molecule has 0 aliphatic carbocycles. The van der Waals surface area contributed by atoms with Gasteiger partial charge in [-0.1, -0.05) is 11.6 Å². The Bertz CT molecular complexity index is 667. The predicted molar refractivity (Wildman–Crippen MR) is 81.5 cm³/mol. The van der Waals surface area contributed by atoms with Crippen molar-refractivity contribution in [2.24, 2.45) is 0 Å². The van der Waals surface area contributed by atoms with Gasteiger partial charge in [0, 0.05) is 34.8 Å². The van der Waals surface area contributed by atoms with Crippen molar-refractivity contribution in [3.05, 3.63) is 62.0 Å². The van der Waals surface area contributed by atoms with Crippen molar-refractivity contribution >= 4 is 17.3 Å². The van der Waals surface area contributed by atoms with E-state index in [0.29, 0.717) is 17.1 Å². The Hall–Kier alpha value is -1.85. The van der Waals surface area contributed by atoms with Gasteiger partial charge in [-0.3, -0.25) is 10.1 Å². The van der Waals surface area contributed by atoms with Crippen LogP contribution in [-0.2, 0) is 6.54 Å². The summed E-state index contributed by atoms with van der Waals surface area (Å²) < 4.78 is 5.50. The number of halogens is 1. The number of nitrogens with zero attached hydrogens (tertiary/aromatic N) is 1. The van der Waals surface area contributed by atoms with Crippen LogP contribution in [0.5, 0.6) is 0 Å². The fourth-order valence-electron chi connectivity index (χ4n) is 2.31. The first-order chi connectivity index (χ1) is 9.88. The summed E-state index contributed by atoms with van der Waals surface area (Å²) in [5.41, 5.74) is 1.69. The molecular formula is C15H17ClN2O3. The maximum Gasteiger partial charge on any atom is 0.275 e. The zero-order chi connectivity index (χ0) is 15.6. The van der Waals surface area contributed by atoms with E-state index in [1.54, 1.807) is 12.1 Å². The number of rotatable bonds is 5. The highest BCUT2D eigenvalue weighted by Gasteiger charge is 2.17. The van der Waals surface area contributed by atoms with Gasteiger partial charge < -0.3 is 9.73 Å². The highest BCUT2D eigenvalue weighted by atomic mass is 35.5. The van der Waals surface area contributed by atoms with Crippen LogP contribution in [0.4, 0.5) is 5.69 Å². The summed E-state index contributed by atoms with van der Waals surface area (Å²) in [6.07, 6.45) is 0. The van der Waals surface area contributed by atoms with Crippen LogP contribution in [0.1, 0.15) is 35.6 Å². The third-order valence-corrected chi connectivity index (χ3v) is 3.62. The molecule has 1 aromatic carbocycles. The van der Waals surface area contributed by atoms with Crippen LogP contribution in [-0.4, -0.2) is 4.92 Å². The molecule has 0 amide bonds. The highest BCUT2D eigenvalue weighted by Crippen LogP contribution is 2.25. The summed E-state index contributed by atoms with van der Waals surface area (Å²) in [7, 11) is 0. The number of nitrogens with one attached hydrogen (secondary N) is 1. The molecular weight excluding hydrogens is 292 g/mol. The molecule has 2 aromatic rings. The molecule has 1 N–H and O–H groups in total. The molecule has 0 fully saturated rings. The van der Waals surface area contributed by atoms with Crippen LogP contribution in [0.3, 0.4) is 0 Å². The topological polar surface area (TPSA) is 68.3 Å². The molecule has 0 aliphatic rings. The fourth-order valence-corrected chi connectivity index (χ4v) is 2.48. The van der Waals surface area contributed by atoms with E-state index >= 15 is 0 Å². The number of hydrogen-bond acceptors (Lipinski definition) is 4. The van der Waals surface area contributed by atoms with Crippen molar-refractivity contribution in [1.29, 1.82) is 0 Å². The highest BCUT2D eigenvalue weighted by molar-refractivity contribution is 6.30. The smallest absolute Gasteiger partial charge is 0.275 e. The largest absolute Gasteiger partial charge is 0.466 e. The molecule has 1 aromatic heterocycles. The van der Waals surface area contributed by atoms with Crippen LogP contribution in [0, 0.1) is 24.0 Å². The molecule has 21 heavy (non-hydrogen) atoms. The van der Waals surface area contributed by atoms with E-state index in [0.717, 1.165) is 17.1 Å². The number of benzene rings is 1. The Morgan fingerprint density at radius 3 is 2.67 bits per heavy atom. The maximum atomic E-state index is 11.1. The van der Waals surface area contributed by atoms with E-state index in [-0.39, 0.29) is 11.7 Å². The van der Waals surface area contributed by atoms with Gasteiger partial charge in [0.05, 0.1) is 4.92 Å². The van der Waals surface area contributed by atoms with Gasteiger partial charge in [-0.2, -0.15) is 0 Å². The summed E-state index contributed by atoms with van der Waals surface area (Å²) in [5.74, 6) is 1.71. The summed E-state index contributed by atoms with van der Waals surface area (Å²) in [6, 6.07) is 6.72. The molecule has 2 rings (SSSR count). The monoisotopic (exact) mass is 308 g/mol. The second-order valence-corrected chi connectivity index (χ2v) is 5.44. The van der Waals surface area contributed by atoms with E-state index in [4.69, 9.17) is 16.0 Å². The molecule has 0 saturated carbocycles. The van der Waals surface area contributed by atoms with Crippen LogP contribution in [0.15, 0.2) is 28.7 Å². The van der Waals surface area contributed by atoms with E-state index < -0.39 is 4.92 Å². The molecule has 1 unspecified atom stereocenters. The van der Waals surface area contributed by atoms with Crippen LogP contribution in [0.25, 0.3) is 0 Å². The Morgan fingerprint density at radius 1 is 1.38 bits per heavy atom. The zero-order valence-electron chi connectivity index (χ0n) is 12.1. The minimum absolute atomic E-state index is 0.0299. The van der Waals surface area contributed by atoms with E-state index in [2.05, 4.69) is 5.32 Å². The van der Waals surface area contributed by atoms with Gasteiger partial charge in [0.1, 0.15) is 11.5 Å². The average molecular weight is 309 g/mol. The van der Waals surface area contributed by atoms with Gasteiger partial charge in [-0.25, -0.2) is 0 Å². The minimum atomic E-state index is -0.416. The molecule has 0 bridgehead atoms. The van der Waals surface area contributed by atoms with Crippen molar-refractivity contribution in [3.63, 3.8) is 0 Å². The molecule has 1 heterocycles. The summed E-state index contributed by atoms with van der Waals surface area (Å²) in [6.45, 7) is 6.19. The number of nitro benzene ring substituents is 1. The van der Waals surface area contributed by atoms with Gasteiger partial charge >= 0.3 is 0 Å². The summed E-state index contributed by atoms with van der Waals surface area (Å²) in [4.78, 5) is 10.6. The SMILES string of the molecule is Cc1cc(C(C)NCc2ccc(Cl)cc2[N+](=O)[O-])c(C)o1. The molecule has 0 spiro atoms. The Labute approximate surface area is 128 Å². The Kier molecular flexibility index (Phi) is 4.65. The van der Waals surface area contributed by atoms with E-state index in [1.165, 1.54) is 6.07 Å². The van der Waals surface area contributed by atoms with Crippen LogP contribution in [0.2, 0.25) is 5.02 Å². The molecule has 0 radical (unpaired) electrons. The third-order valence-electron chi connectivity index (χ3n) is 3.39. The normalized spacial score (nSPS) is 12.4. The summed E-state index contributed by atoms with van der Waals surface area (Å²) in [5, 5.41) is 14.7. The van der Waals surface area contributed by atoms with Crippen LogP contribution >= 0.6 is 11.6 Å². The molecule has 6 heteroatoms. The number of nitro groups is 1. The predicted octanol–water partition coefficient (Wildman–Crippen LogP) is 4.31. The van der Waals surface area contributed by atoms with Crippen molar-refractivity contribution in [1.82, 2.24) is 5.32 Å². The summed E-state index contributed by atoms with van der Waals surface area (Å²) >= 11 is 5.81. The standard InChI is InChI=1S/C15H17ClN2O3/c1-9-6-14(11(3)21-9)10(2)17-8-12-4-5-13(16)7-15(12)18(19)20/h4-7,10,17H,8H2,1-3H3. The fraction of sp³-hybridized carbons (Fsp3) is 0.333. The average Bonchev–Trinajstić information content (AvgIpc) is 2.75. The first-order valence-corrected chi connectivity index (χ1v) is 6.99. The van der Waals surface area contributed by atoms with E-state index in [1.807, 2.05) is 26.8 Å². The first kappa shape index (κ1) is 15.5. The Morgan fingerprint density at radius 2 is 2.10 bits per heavy atom. The zero-order valence-corrected chi connectivity index (χ0v) is 12.9. The molecule has 5 nitrogen and oxygen atoms in total. The van der Waals surface area contributed by atoms with Crippen LogP contribution < -0.4 is 5.32 Å². The van der Waals surface area contributed by atoms with Crippen molar-refractivity contribution in [2.45, 2.75) is 33.4 Å². The van der Waals surface area contributed by atoms with Gasteiger partial charge in [0.15, 0.2) is 0 Å². The van der Waals surface area contributed by atoms with Crippen molar-refractivity contribution in [2.75, 3.05) is 0 Å². The third kappa shape index (κ3) is 3.62. The second-order valence-electron chi connectivity index (χ2n) is 5.00. The lowest BCUT2D eigenvalue weighted by atomic mass is 10.1. The molecule has 0 saturated heterocycles. The Balaban J connectivity index is 2.13. The minimum Gasteiger partial charge on any atom is -0.466 e. The second kappa shape index (κ2) is 6.28. The lowest BCUT2D eigenvalue weighted by Crippen LogP contribution is -2.19. The van der Waals surface area contributed by atoms with Gasteiger partial charge in [-0.15, -0.1) is 0 Å². The molecule has 1 atom stereocenters. The van der Waals surface area contributed by atoms with Crippen molar-refractivity contribution < 1.29 is 9.34 Å². The quantitative estimate of drug-likeness (QED) is 0.660. The van der Waals surface area contributed by atoms with E-state index in [9.17, 15) is 10.1 Å². The van der Waals surface area contributed by atoms with Crippen molar-refractivity contribution in [3.8, 4) is 0 Å². The number of aryl methyl sites for hydroxylation is 2. The van der Waals surface area contributed by atoms with Gasteiger partial charge in [0.2, 0.25) is 0 Å². The molecule has 0 aliphatic heterocycles. The maximum absolute atomic E-state index is 11.1. The lowest BCUT2D eigenvalue weighted by molar-refractivity contribution is -0.385. The first-order valence-electron chi connectivity index (χ1n) is 6.61. The lowest BCUT2D eigenvalue weighted by Gasteiger charge is -2.13. The number of hydrogen-bond donors (Lipinski definition) is 1. The molecule has 112 valence electrons.